The molecule has 1 amide bonds. The minimum Gasteiger partial charge on any atom is -0.484 e. The molecule has 1 heterocycles. The second-order valence-corrected chi connectivity index (χ2v) is 6.94. The first-order valence-electron chi connectivity index (χ1n) is 9.85. The van der Waals surface area contributed by atoms with Crippen molar-refractivity contribution in [1.82, 2.24) is 15.5 Å². The number of carbonyl (C=O) groups is 1. The molecule has 0 radical (unpaired) electrons. The fourth-order valence-electron chi connectivity index (χ4n) is 3.27. The summed E-state index contributed by atoms with van der Waals surface area (Å²) in [5.41, 5.74) is 0.890. The van der Waals surface area contributed by atoms with Crippen LogP contribution >= 0.6 is 0 Å². The number of carbonyl (C=O) groups excluding carboxylic acids is 1. The number of nitrogens with zero attached hydrogens (tertiary/aromatic N) is 2. The van der Waals surface area contributed by atoms with Crippen LogP contribution in [0, 0.1) is 0 Å². The van der Waals surface area contributed by atoms with E-state index in [1.54, 1.807) is 19.2 Å². The Bertz CT molecular complexity index is 677. The van der Waals surface area contributed by atoms with E-state index >= 15 is 0 Å². The number of halogens is 3. The number of aliphatic imine (C=N–C) groups is 1. The van der Waals surface area contributed by atoms with Crippen LogP contribution in [-0.2, 0) is 11.3 Å². The molecule has 0 bridgehead atoms. The third kappa shape index (κ3) is 7.83. The molecule has 9 heteroatoms. The molecule has 1 saturated heterocycles. The van der Waals surface area contributed by atoms with Gasteiger partial charge in [-0.2, -0.15) is 13.2 Å². The molecule has 1 unspecified atom stereocenters. The third-order valence-electron chi connectivity index (χ3n) is 4.80. The second kappa shape index (κ2) is 10.9. The van der Waals surface area contributed by atoms with Gasteiger partial charge in [0.15, 0.2) is 12.6 Å². The summed E-state index contributed by atoms with van der Waals surface area (Å²) in [4.78, 5) is 18.1. The molecule has 1 atom stereocenters. The lowest BCUT2D eigenvalue weighted by Crippen LogP contribution is -2.41. The smallest absolute Gasteiger partial charge is 0.422 e. The Morgan fingerprint density at radius 3 is 2.55 bits per heavy atom. The number of likely N-dealkylation sites (tertiary alicyclic amines) is 1. The summed E-state index contributed by atoms with van der Waals surface area (Å²) in [6.07, 6.45) is -1.01. The highest BCUT2D eigenvalue weighted by atomic mass is 19.4. The topological polar surface area (TPSA) is 66.0 Å². The molecule has 0 aromatic heterocycles. The van der Waals surface area contributed by atoms with Gasteiger partial charge in [-0.1, -0.05) is 19.1 Å². The summed E-state index contributed by atoms with van der Waals surface area (Å²) in [6.45, 7) is 2.79. The van der Waals surface area contributed by atoms with Gasteiger partial charge in [0, 0.05) is 39.1 Å². The van der Waals surface area contributed by atoms with Gasteiger partial charge in [0.25, 0.3) is 0 Å². The van der Waals surface area contributed by atoms with E-state index in [-0.39, 0.29) is 17.7 Å². The van der Waals surface area contributed by atoms with Gasteiger partial charge < -0.3 is 20.3 Å². The molecule has 1 aromatic rings. The molecule has 1 fully saturated rings. The highest BCUT2D eigenvalue weighted by Gasteiger charge is 2.28. The van der Waals surface area contributed by atoms with Crippen LogP contribution < -0.4 is 15.4 Å². The number of benzene rings is 1. The van der Waals surface area contributed by atoms with Gasteiger partial charge in [-0.3, -0.25) is 9.79 Å². The standard InChI is InChI=1S/C20H29F3N4O2/c1-3-16(27-12-4-5-18(27)28)10-11-25-19(24-2)26-13-15-6-8-17(9-7-15)29-14-20(21,22)23/h6-9,16H,3-5,10-14H2,1-2H3,(H2,24,25,26). The lowest BCUT2D eigenvalue weighted by atomic mass is 10.1. The summed E-state index contributed by atoms with van der Waals surface area (Å²) in [7, 11) is 1.67. The van der Waals surface area contributed by atoms with Crippen LogP contribution in [0.25, 0.3) is 0 Å². The van der Waals surface area contributed by atoms with Crippen molar-refractivity contribution in [2.45, 2.75) is 51.4 Å². The van der Waals surface area contributed by atoms with Gasteiger partial charge in [0.2, 0.25) is 5.91 Å². The lowest BCUT2D eigenvalue weighted by molar-refractivity contribution is -0.153. The maximum Gasteiger partial charge on any atom is 0.422 e. The first-order valence-corrected chi connectivity index (χ1v) is 9.85. The van der Waals surface area contributed by atoms with E-state index in [9.17, 15) is 18.0 Å². The summed E-state index contributed by atoms with van der Waals surface area (Å²) >= 11 is 0. The molecule has 29 heavy (non-hydrogen) atoms. The van der Waals surface area contributed by atoms with Gasteiger partial charge in [0.05, 0.1) is 0 Å². The second-order valence-electron chi connectivity index (χ2n) is 6.94. The normalized spacial score (nSPS) is 16.1. The summed E-state index contributed by atoms with van der Waals surface area (Å²) in [5, 5.41) is 6.41. The van der Waals surface area contributed by atoms with Crippen molar-refractivity contribution in [3.8, 4) is 5.75 Å². The Kier molecular flexibility index (Phi) is 8.60. The van der Waals surface area contributed by atoms with E-state index in [4.69, 9.17) is 4.74 Å². The summed E-state index contributed by atoms with van der Waals surface area (Å²) in [6, 6.07) is 6.67. The molecular formula is C20H29F3N4O2. The molecule has 6 nitrogen and oxygen atoms in total. The number of amides is 1. The van der Waals surface area contributed by atoms with Gasteiger partial charge >= 0.3 is 6.18 Å². The third-order valence-corrected chi connectivity index (χ3v) is 4.80. The summed E-state index contributed by atoms with van der Waals surface area (Å²) in [5.74, 6) is 1.04. The largest absolute Gasteiger partial charge is 0.484 e. The van der Waals surface area contributed by atoms with Crippen LogP contribution in [0.2, 0.25) is 0 Å². The Balaban J connectivity index is 1.73. The quantitative estimate of drug-likeness (QED) is 0.482. The average Bonchev–Trinajstić information content (AvgIpc) is 3.12. The van der Waals surface area contributed by atoms with Crippen molar-refractivity contribution in [3.05, 3.63) is 29.8 Å². The minimum atomic E-state index is -4.35. The number of hydrogen-bond donors (Lipinski definition) is 2. The molecule has 0 aliphatic carbocycles. The predicted molar refractivity (Wildman–Crippen MR) is 106 cm³/mol. The van der Waals surface area contributed by atoms with Crippen molar-refractivity contribution in [3.63, 3.8) is 0 Å². The Morgan fingerprint density at radius 1 is 1.28 bits per heavy atom. The van der Waals surface area contributed by atoms with Crippen LogP contribution in [0.1, 0.15) is 38.2 Å². The van der Waals surface area contributed by atoms with Crippen LogP contribution in [0.4, 0.5) is 13.2 Å². The zero-order chi connectivity index (χ0) is 21.3. The van der Waals surface area contributed by atoms with Crippen LogP contribution in [0.5, 0.6) is 5.75 Å². The number of nitrogens with one attached hydrogen (secondary N) is 2. The highest BCUT2D eigenvalue weighted by molar-refractivity contribution is 5.79. The van der Waals surface area contributed by atoms with E-state index in [0.717, 1.165) is 31.4 Å². The van der Waals surface area contributed by atoms with Crippen LogP contribution in [-0.4, -0.2) is 55.7 Å². The summed E-state index contributed by atoms with van der Waals surface area (Å²) < 4.78 is 41.2. The molecule has 2 N–H and O–H groups in total. The fraction of sp³-hybridized carbons (Fsp3) is 0.600. The van der Waals surface area contributed by atoms with Gasteiger partial charge in [-0.05, 0) is 37.0 Å². The first-order chi connectivity index (χ1) is 13.8. The zero-order valence-electron chi connectivity index (χ0n) is 16.9. The molecule has 0 saturated carbocycles. The fourth-order valence-corrected chi connectivity index (χ4v) is 3.27. The van der Waals surface area contributed by atoms with Crippen LogP contribution in [0.15, 0.2) is 29.3 Å². The Morgan fingerprint density at radius 2 is 2.00 bits per heavy atom. The number of rotatable bonds is 9. The average molecular weight is 414 g/mol. The first kappa shape index (κ1) is 22.8. The molecule has 1 aliphatic rings. The lowest BCUT2D eigenvalue weighted by Gasteiger charge is -2.27. The van der Waals surface area contributed by atoms with E-state index in [0.29, 0.717) is 25.5 Å². The monoisotopic (exact) mass is 414 g/mol. The highest BCUT2D eigenvalue weighted by Crippen LogP contribution is 2.19. The minimum absolute atomic E-state index is 0.177. The number of hydrogen-bond acceptors (Lipinski definition) is 3. The molecule has 162 valence electrons. The van der Waals surface area contributed by atoms with Crippen molar-refractivity contribution >= 4 is 11.9 Å². The molecule has 1 aliphatic heterocycles. The molecule has 1 aromatic carbocycles. The van der Waals surface area contributed by atoms with E-state index < -0.39 is 12.8 Å². The number of alkyl halides is 3. The number of guanidine groups is 1. The maximum absolute atomic E-state index is 12.2. The van der Waals surface area contributed by atoms with E-state index in [1.807, 2.05) is 4.90 Å². The van der Waals surface area contributed by atoms with Crippen molar-refractivity contribution in [1.29, 1.82) is 0 Å². The van der Waals surface area contributed by atoms with Crippen LogP contribution in [0.3, 0.4) is 0 Å². The molecule has 0 spiro atoms. The number of ether oxygens (including phenoxy) is 1. The van der Waals surface area contributed by atoms with Crippen molar-refractivity contribution < 1.29 is 22.7 Å². The zero-order valence-corrected chi connectivity index (χ0v) is 16.9. The SMILES string of the molecule is CCC(CCNC(=NC)NCc1ccc(OCC(F)(F)F)cc1)N1CCCC1=O. The van der Waals surface area contributed by atoms with E-state index in [1.165, 1.54) is 12.1 Å². The molecule has 2 rings (SSSR count). The van der Waals surface area contributed by atoms with E-state index in [2.05, 4.69) is 22.5 Å². The van der Waals surface area contributed by atoms with Crippen molar-refractivity contribution in [2.24, 2.45) is 4.99 Å². The Labute approximate surface area is 169 Å². The Hall–Kier alpha value is -2.45. The van der Waals surface area contributed by atoms with Gasteiger partial charge in [-0.25, -0.2) is 0 Å². The van der Waals surface area contributed by atoms with Crippen molar-refractivity contribution in [2.75, 3.05) is 26.7 Å². The van der Waals surface area contributed by atoms with Gasteiger partial charge in [-0.15, -0.1) is 0 Å². The maximum atomic E-state index is 12.2. The predicted octanol–water partition coefficient (Wildman–Crippen LogP) is 3.08. The van der Waals surface area contributed by atoms with Gasteiger partial charge in [0.1, 0.15) is 5.75 Å². The molecular weight excluding hydrogens is 385 g/mol.